The van der Waals surface area contributed by atoms with Gasteiger partial charge in [-0.3, -0.25) is 4.68 Å². The van der Waals surface area contributed by atoms with Crippen LogP contribution in [0.3, 0.4) is 0 Å². The van der Waals surface area contributed by atoms with Gasteiger partial charge in [0.15, 0.2) is 0 Å². The lowest BCUT2D eigenvalue weighted by Gasteiger charge is -2.11. The Morgan fingerprint density at radius 3 is 2.74 bits per heavy atom. The van der Waals surface area contributed by atoms with E-state index in [2.05, 4.69) is 71.5 Å². The number of nitrogens with one attached hydrogen (secondary N) is 1. The van der Waals surface area contributed by atoms with Crippen molar-refractivity contribution < 1.29 is 0 Å². The van der Waals surface area contributed by atoms with Crippen LogP contribution in [-0.4, -0.2) is 9.78 Å². The van der Waals surface area contributed by atoms with E-state index in [1.54, 1.807) is 0 Å². The summed E-state index contributed by atoms with van der Waals surface area (Å²) in [6.07, 6.45) is 2.09. The molecule has 3 nitrogen and oxygen atoms in total. The summed E-state index contributed by atoms with van der Waals surface area (Å²) in [5, 5.41) is 8.02. The summed E-state index contributed by atoms with van der Waals surface area (Å²) in [4.78, 5) is 0. The highest BCUT2D eigenvalue weighted by atomic mass is 79.9. The predicted octanol–water partition coefficient (Wildman–Crippen LogP) is 4.23. The maximum absolute atomic E-state index is 4.53. The number of halogens is 1. The lowest BCUT2D eigenvalue weighted by atomic mass is 10.1. The second-order valence-corrected chi connectivity index (χ2v) is 6.10. The second kappa shape index (κ2) is 5.78. The van der Waals surface area contributed by atoms with Crippen LogP contribution in [-0.2, 0) is 13.6 Å². The third kappa shape index (κ3) is 3.38. The van der Waals surface area contributed by atoms with Gasteiger partial charge in [0, 0.05) is 35.5 Å². The molecule has 102 valence electrons. The Labute approximate surface area is 123 Å². The number of hydrogen-bond acceptors (Lipinski definition) is 2. The number of nitrogens with zero attached hydrogens (tertiary/aromatic N) is 2. The minimum absolute atomic E-state index is 0.448. The molecule has 0 bridgehead atoms. The van der Waals surface area contributed by atoms with Crippen LogP contribution < -0.4 is 5.32 Å². The molecule has 0 fully saturated rings. The zero-order chi connectivity index (χ0) is 14.0. The molecule has 0 aliphatic rings. The number of benzene rings is 1. The van der Waals surface area contributed by atoms with Crippen LogP contribution in [0.2, 0.25) is 0 Å². The Bertz CT molecular complexity index is 573. The van der Waals surface area contributed by atoms with Gasteiger partial charge in [0.1, 0.15) is 0 Å². The van der Waals surface area contributed by atoms with E-state index >= 15 is 0 Å². The van der Waals surface area contributed by atoms with Crippen molar-refractivity contribution in [1.29, 1.82) is 0 Å². The van der Waals surface area contributed by atoms with Crippen molar-refractivity contribution >= 4 is 21.6 Å². The molecule has 0 atom stereocenters. The second-order valence-electron chi connectivity index (χ2n) is 5.18. The monoisotopic (exact) mass is 321 g/mol. The van der Waals surface area contributed by atoms with Gasteiger partial charge in [-0.25, -0.2) is 0 Å². The average molecular weight is 322 g/mol. The quantitative estimate of drug-likeness (QED) is 0.913. The molecule has 0 saturated carbocycles. The summed E-state index contributed by atoms with van der Waals surface area (Å²) in [6, 6.07) is 6.28. The summed E-state index contributed by atoms with van der Waals surface area (Å²) in [5.41, 5.74) is 4.84. The number of hydrogen-bond donors (Lipinski definition) is 1. The van der Waals surface area contributed by atoms with Crippen molar-refractivity contribution in [1.82, 2.24) is 9.78 Å². The van der Waals surface area contributed by atoms with E-state index in [0.29, 0.717) is 5.92 Å². The summed E-state index contributed by atoms with van der Waals surface area (Å²) in [7, 11) is 1.97. The topological polar surface area (TPSA) is 29.9 Å². The lowest BCUT2D eigenvalue weighted by molar-refractivity contribution is 0.712. The largest absolute Gasteiger partial charge is 0.381 e. The molecule has 1 aromatic heterocycles. The number of rotatable bonds is 4. The molecule has 2 aromatic rings. The fourth-order valence-electron chi connectivity index (χ4n) is 2.19. The lowest BCUT2D eigenvalue weighted by Crippen LogP contribution is -2.03. The van der Waals surface area contributed by atoms with Gasteiger partial charge >= 0.3 is 0 Å². The van der Waals surface area contributed by atoms with Crippen molar-refractivity contribution in [3.63, 3.8) is 0 Å². The first-order valence-electron chi connectivity index (χ1n) is 6.50. The highest BCUT2D eigenvalue weighted by molar-refractivity contribution is 9.10. The Hall–Kier alpha value is -1.29. The zero-order valence-corrected chi connectivity index (χ0v) is 13.5. The first-order chi connectivity index (χ1) is 8.97. The molecule has 1 heterocycles. The zero-order valence-electron chi connectivity index (χ0n) is 11.9. The molecular weight excluding hydrogens is 302 g/mol. The minimum Gasteiger partial charge on any atom is -0.381 e. The van der Waals surface area contributed by atoms with E-state index in [1.807, 2.05) is 11.7 Å². The highest BCUT2D eigenvalue weighted by Crippen LogP contribution is 2.22. The molecule has 0 unspecified atom stereocenters. The van der Waals surface area contributed by atoms with Crippen molar-refractivity contribution in [3.05, 3.63) is 45.7 Å². The summed E-state index contributed by atoms with van der Waals surface area (Å²) in [5.74, 6) is 0.448. The Morgan fingerprint density at radius 1 is 1.37 bits per heavy atom. The number of aromatic nitrogens is 2. The van der Waals surface area contributed by atoms with Crippen molar-refractivity contribution in [2.75, 3.05) is 5.32 Å². The molecule has 0 aliphatic heterocycles. The first-order valence-corrected chi connectivity index (χ1v) is 7.29. The molecular formula is C15H20BrN3. The number of anilines is 1. The van der Waals surface area contributed by atoms with Crippen LogP contribution in [0.15, 0.2) is 28.9 Å². The smallest absolute Gasteiger partial charge is 0.0699 e. The van der Waals surface area contributed by atoms with Crippen molar-refractivity contribution in [3.8, 4) is 0 Å². The van der Waals surface area contributed by atoms with Crippen LogP contribution in [0, 0.1) is 6.92 Å². The van der Waals surface area contributed by atoms with Gasteiger partial charge in [-0.1, -0.05) is 29.8 Å². The average Bonchev–Trinajstić information content (AvgIpc) is 2.69. The van der Waals surface area contributed by atoms with E-state index in [0.717, 1.165) is 11.0 Å². The van der Waals surface area contributed by atoms with Gasteiger partial charge in [-0.05, 0) is 36.6 Å². The summed E-state index contributed by atoms with van der Waals surface area (Å²) < 4.78 is 3.00. The van der Waals surface area contributed by atoms with E-state index in [9.17, 15) is 0 Å². The molecule has 0 amide bonds. The number of aryl methyl sites for hydroxylation is 2. The molecule has 19 heavy (non-hydrogen) atoms. The van der Waals surface area contributed by atoms with Crippen LogP contribution in [0.5, 0.6) is 0 Å². The molecule has 0 aliphatic carbocycles. The van der Waals surface area contributed by atoms with Crippen LogP contribution >= 0.6 is 15.9 Å². The van der Waals surface area contributed by atoms with Crippen LogP contribution in [0.4, 0.5) is 5.69 Å². The van der Waals surface area contributed by atoms with Crippen molar-refractivity contribution in [2.24, 2.45) is 7.05 Å². The molecule has 1 N–H and O–H groups in total. The molecule has 0 spiro atoms. The summed E-state index contributed by atoms with van der Waals surface area (Å²) in [6.45, 7) is 7.27. The van der Waals surface area contributed by atoms with Gasteiger partial charge < -0.3 is 5.32 Å². The Balaban J connectivity index is 2.14. The Kier molecular flexibility index (Phi) is 4.30. The normalized spacial score (nSPS) is 11.1. The fourth-order valence-corrected chi connectivity index (χ4v) is 2.67. The van der Waals surface area contributed by atoms with E-state index < -0.39 is 0 Å². The molecule has 0 saturated heterocycles. The van der Waals surface area contributed by atoms with Gasteiger partial charge in [-0.15, -0.1) is 0 Å². The van der Waals surface area contributed by atoms with Gasteiger partial charge in [0.05, 0.1) is 5.69 Å². The fraction of sp³-hybridized carbons (Fsp3) is 0.400. The standard InChI is InChI=1S/C15H20BrN3/c1-10(2)15-12(9-19(4)18-15)8-17-14-6-5-13(16)7-11(14)3/h5-7,9-10,17H,8H2,1-4H3. The maximum Gasteiger partial charge on any atom is 0.0699 e. The predicted molar refractivity (Wildman–Crippen MR) is 83.5 cm³/mol. The molecule has 0 radical (unpaired) electrons. The first kappa shape index (κ1) is 14.1. The molecule has 2 rings (SSSR count). The summed E-state index contributed by atoms with van der Waals surface area (Å²) >= 11 is 3.49. The van der Waals surface area contributed by atoms with Gasteiger partial charge in [0.2, 0.25) is 0 Å². The highest BCUT2D eigenvalue weighted by Gasteiger charge is 2.11. The maximum atomic E-state index is 4.53. The minimum atomic E-state index is 0.448. The van der Waals surface area contributed by atoms with E-state index in [1.165, 1.54) is 22.5 Å². The van der Waals surface area contributed by atoms with E-state index in [-0.39, 0.29) is 0 Å². The Morgan fingerprint density at radius 2 is 2.11 bits per heavy atom. The van der Waals surface area contributed by atoms with Crippen LogP contribution in [0.25, 0.3) is 0 Å². The third-order valence-corrected chi connectivity index (χ3v) is 3.64. The van der Waals surface area contributed by atoms with Crippen molar-refractivity contribution in [2.45, 2.75) is 33.2 Å². The molecule has 4 heteroatoms. The van der Waals surface area contributed by atoms with Crippen LogP contribution in [0.1, 0.15) is 36.6 Å². The van der Waals surface area contributed by atoms with Gasteiger partial charge in [-0.2, -0.15) is 5.10 Å². The third-order valence-electron chi connectivity index (χ3n) is 3.14. The molecule has 1 aromatic carbocycles. The van der Waals surface area contributed by atoms with Gasteiger partial charge in [0.25, 0.3) is 0 Å². The van der Waals surface area contributed by atoms with E-state index in [4.69, 9.17) is 0 Å². The SMILES string of the molecule is Cc1cc(Br)ccc1NCc1cn(C)nc1C(C)C.